The molecule has 4 atom stereocenters. The molecule has 0 rings (SSSR count). The molecule has 0 aliphatic carbocycles. The Kier molecular flexibility index (Phi) is 13.2. The zero-order valence-electron chi connectivity index (χ0n) is 17.8. The number of carboxylic acid groups (broad SMARTS) is 2. The van der Waals surface area contributed by atoms with Crippen LogP contribution in [0.1, 0.15) is 45.4 Å². The molecule has 0 aliphatic rings. The van der Waals surface area contributed by atoms with Gasteiger partial charge in [0, 0.05) is 6.42 Å². The number of primary amides is 1. The highest BCUT2D eigenvalue weighted by Crippen LogP contribution is 2.04. The fraction of sp³-hybridized carbons (Fsp3) is 0.667. The molecule has 0 aromatic heterocycles. The Bertz CT molecular complexity index is 701. The lowest BCUT2D eigenvalue weighted by Gasteiger charge is -2.23. The van der Waals surface area contributed by atoms with Gasteiger partial charge in [-0.15, -0.1) is 0 Å². The molecule has 11 N–H and O–H groups in total. The van der Waals surface area contributed by atoms with Crippen molar-refractivity contribution in [1.82, 2.24) is 16.0 Å². The Balaban J connectivity index is 5.10. The van der Waals surface area contributed by atoms with E-state index in [0.717, 1.165) is 0 Å². The number of hydrogen-bond donors (Lipinski definition) is 8. The van der Waals surface area contributed by atoms with E-state index in [9.17, 15) is 28.8 Å². The van der Waals surface area contributed by atoms with E-state index in [1.807, 2.05) is 0 Å². The monoisotopic (exact) mass is 460 g/mol. The smallest absolute Gasteiger partial charge is 0.326 e. The van der Waals surface area contributed by atoms with Crippen molar-refractivity contribution in [3.8, 4) is 0 Å². The number of aliphatic carboxylic acids is 2. The van der Waals surface area contributed by atoms with Crippen LogP contribution in [-0.2, 0) is 28.8 Å². The topological polar surface area (TPSA) is 257 Å². The van der Waals surface area contributed by atoms with Gasteiger partial charge in [0.05, 0.1) is 12.5 Å². The molecule has 4 amide bonds. The maximum atomic E-state index is 12.5. The van der Waals surface area contributed by atoms with Crippen LogP contribution in [0.4, 0.5) is 0 Å². The summed E-state index contributed by atoms with van der Waals surface area (Å²) in [6, 6.07) is -5.06. The third-order valence-corrected chi connectivity index (χ3v) is 4.36. The number of nitrogens with one attached hydrogen (secondary N) is 3. The first-order valence-corrected chi connectivity index (χ1v) is 9.98. The number of carbonyl (C=O) groups is 6. The van der Waals surface area contributed by atoms with E-state index in [2.05, 4.69) is 16.0 Å². The van der Waals surface area contributed by atoms with Gasteiger partial charge in [0.15, 0.2) is 0 Å². The van der Waals surface area contributed by atoms with Crippen molar-refractivity contribution in [3.63, 3.8) is 0 Å². The molecule has 14 heteroatoms. The fourth-order valence-corrected chi connectivity index (χ4v) is 2.52. The van der Waals surface area contributed by atoms with Gasteiger partial charge in [-0.2, -0.15) is 0 Å². The van der Waals surface area contributed by atoms with Crippen LogP contribution < -0.4 is 33.2 Å². The van der Waals surface area contributed by atoms with Crippen molar-refractivity contribution in [2.75, 3.05) is 6.54 Å². The van der Waals surface area contributed by atoms with Gasteiger partial charge in [-0.3, -0.25) is 24.0 Å². The summed E-state index contributed by atoms with van der Waals surface area (Å²) in [5.74, 6) is -5.94. The summed E-state index contributed by atoms with van der Waals surface area (Å²) in [7, 11) is 0. The molecule has 0 fully saturated rings. The molecule has 0 bridgehead atoms. The molecule has 0 saturated heterocycles. The maximum absolute atomic E-state index is 12.5. The van der Waals surface area contributed by atoms with Crippen molar-refractivity contribution < 1.29 is 39.0 Å². The normalized spacial score (nSPS) is 14.3. The summed E-state index contributed by atoms with van der Waals surface area (Å²) in [5.41, 5.74) is 16.1. The average molecular weight is 460 g/mol. The van der Waals surface area contributed by atoms with Gasteiger partial charge in [-0.25, -0.2) is 4.79 Å². The van der Waals surface area contributed by atoms with E-state index in [0.29, 0.717) is 19.4 Å². The highest BCUT2D eigenvalue weighted by Gasteiger charge is 2.29. The minimum atomic E-state index is -1.69. The van der Waals surface area contributed by atoms with Gasteiger partial charge in [0.2, 0.25) is 23.6 Å². The van der Waals surface area contributed by atoms with Crippen molar-refractivity contribution >= 4 is 35.6 Å². The lowest BCUT2D eigenvalue weighted by atomic mass is 10.1. The van der Waals surface area contributed by atoms with Gasteiger partial charge in [-0.05, 0) is 39.2 Å². The number of carbonyl (C=O) groups excluding carboxylic acids is 4. The zero-order chi connectivity index (χ0) is 24.8. The molecular weight excluding hydrogens is 428 g/mol. The summed E-state index contributed by atoms with van der Waals surface area (Å²) in [4.78, 5) is 69.8. The van der Waals surface area contributed by atoms with E-state index in [4.69, 9.17) is 27.4 Å². The second kappa shape index (κ2) is 14.7. The fourth-order valence-electron chi connectivity index (χ4n) is 2.52. The van der Waals surface area contributed by atoms with E-state index in [1.165, 1.54) is 6.92 Å². The van der Waals surface area contributed by atoms with Crippen LogP contribution in [0.25, 0.3) is 0 Å². The molecule has 0 radical (unpaired) electrons. The standard InChI is InChI=1S/C18H32N6O8/c1-9(22-16(29)10(20)5-6-13(21)25)15(28)23-11(4-2-3-7-19)17(30)24-12(18(31)32)8-14(26)27/h9-12H,2-8,19-20H2,1H3,(H2,21,25)(H,22,29)(H,23,28)(H,24,30)(H,26,27)(H,31,32). The first kappa shape index (κ1) is 28.7. The molecule has 32 heavy (non-hydrogen) atoms. The van der Waals surface area contributed by atoms with Crippen LogP contribution in [0.15, 0.2) is 0 Å². The minimum absolute atomic E-state index is 0.0141. The Morgan fingerprint density at radius 3 is 1.94 bits per heavy atom. The Labute approximate surface area is 184 Å². The minimum Gasteiger partial charge on any atom is -0.481 e. The molecule has 0 spiro atoms. The van der Waals surface area contributed by atoms with Crippen LogP contribution in [0.5, 0.6) is 0 Å². The zero-order valence-corrected chi connectivity index (χ0v) is 17.8. The van der Waals surface area contributed by atoms with E-state index < -0.39 is 66.2 Å². The third-order valence-electron chi connectivity index (χ3n) is 4.36. The molecule has 0 saturated carbocycles. The quantitative estimate of drug-likeness (QED) is 0.107. The summed E-state index contributed by atoms with van der Waals surface area (Å²) in [5, 5.41) is 24.7. The lowest BCUT2D eigenvalue weighted by Crippen LogP contribution is -2.56. The predicted molar refractivity (Wildman–Crippen MR) is 111 cm³/mol. The Morgan fingerprint density at radius 2 is 1.44 bits per heavy atom. The van der Waals surface area contributed by atoms with Crippen LogP contribution in [-0.4, -0.2) is 76.5 Å². The first-order chi connectivity index (χ1) is 14.9. The molecule has 0 aromatic carbocycles. The molecule has 0 heterocycles. The van der Waals surface area contributed by atoms with Crippen molar-refractivity contribution in [1.29, 1.82) is 0 Å². The molecule has 0 aliphatic heterocycles. The average Bonchev–Trinajstić information content (AvgIpc) is 2.69. The Morgan fingerprint density at radius 1 is 0.844 bits per heavy atom. The van der Waals surface area contributed by atoms with Crippen LogP contribution >= 0.6 is 0 Å². The molecule has 4 unspecified atom stereocenters. The highest BCUT2D eigenvalue weighted by molar-refractivity contribution is 5.94. The number of carboxylic acids is 2. The van der Waals surface area contributed by atoms with E-state index >= 15 is 0 Å². The number of hydrogen-bond acceptors (Lipinski definition) is 8. The van der Waals surface area contributed by atoms with Crippen LogP contribution in [0, 0.1) is 0 Å². The molecule has 0 aromatic rings. The highest BCUT2D eigenvalue weighted by atomic mass is 16.4. The van der Waals surface area contributed by atoms with E-state index in [1.54, 1.807) is 0 Å². The predicted octanol–water partition coefficient (Wildman–Crippen LogP) is -3.26. The molecular formula is C18H32N6O8. The molecule has 182 valence electrons. The summed E-state index contributed by atoms with van der Waals surface area (Å²) in [6.45, 7) is 1.67. The van der Waals surface area contributed by atoms with Gasteiger partial charge in [0.1, 0.15) is 18.1 Å². The Hall–Kier alpha value is -3.26. The first-order valence-electron chi connectivity index (χ1n) is 9.98. The van der Waals surface area contributed by atoms with Crippen molar-refractivity contribution in [3.05, 3.63) is 0 Å². The number of unbranched alkanes of at least 4 members (excludes halogenated alkanes) is 1. The second-order valence-electron chi connectivity index (χ2n) is 7.18. The van der Waals surface area contributed by atoms with Gasteiger partial charge >= 0.3 is 11.9 Å². The van der Waals surface area contributed by atoms with E-state index in [-0.39, 0.29) is 19.3 Å². The lowest BCUT2D eigenvalue weighted by molar-refractivity contribution is -0.147. The second-order valence-corrected chi connectivity index (χ2v) is 7.18. The van der Waals surface area contributed by atoms with Crippen molar-refractivity contribution in [2.24, 2.45) is 17.2 Å². The summed E-state index contributed by atoms with van der Waals surface area (Å²) < 4.78 is 0. The number of rotatable bonds is 16. The van der Waals surface area contributed by atoms with Gasteiger partial charge in [0.25, 0.3) is 0 Å². The SMILES string of the molecule is CC(NC(=O)C(N)CCC(N)=O)C(=O)NC(CCCCN)C(=O)NC(CC(=O)O)C(=O)O. The summed E-state index contributed by atoms with van der Waals surface area (Å²) in [6.07, 6.45) is 0.0784. The van der Waals surface area contributed by atoms with Crippen LogP contribution in [0.3, 0.4) is 0 Å². The molecule has 14 nitrogen and oxygen atoms in total. The largest absolute Gasteiger partial charge is 0.481 e. The maximum Gasteiger partial charge on any atom is 0.326 e. The number of amides is 4. The third kappa shape index (κ3) is 11.8. The van der Waals surface area contributed by atoms with Gasteiger partial charge in [-0.1, -0.05) is 0 Å². The summed E-state index contributed by atoms with van der Waals surface area (Å²) >= 11 is 0. The van der Waals surface area contributed by atoms with Crippen LogP contribution in [0.2, 0.25) is 0 Å². The number of nitrogens with two attached hydrogens (primary N) is 3. The van der Waals surface area contributed by atoms with Gasteiger partial charge < -0.3 is 43.4 Å². The van der Waals surface area contributed by atoms with Crippen molar-refractivity contribution in [2.45, 2.75) is 69.6 Å².